The van der Waals surface area contributed by atoms with Crippen LogP contribution in [0.4, 0.5) is 5.69 Å². The second-order valence-corrected chi connectivity index (χ2v) is 6.09. The smallest absolute Gasteiger partial charge is 0.119 e. The summed E-state index contributed by atoms with van der Waals surface area (Å²) in [5.74, 6) is 0.914. The first-order valence-corrected chi connectivity index (χ1v) is 9.68. The van der Waals surface area contributed by atoms with E-state index in [1.807, 2.05) is 19.1 Å². The predicted molar refractivity (Wildman–Crippen MR) is 114 cm³/mol. The highest BCUT2D eigenvalue weighted by molar-refractivity contribution is 5.81. The predicted octanol–water partition coefficient (Wildman–Crippen LogP) is 6.33. The molecule has 2 aromatic rings. The number of nitrogens with zero attached hydrogens (tertiary/aromatic N) is 1. The highest BCUT2D eigenvalue weighted by Crippen LogP contribution is 2.27. The second-order valence-electron chi connectivity index (χ2n) is 6.09. The van der Waals surface area contributed by atoms with Crippen LogP contribution in [0.1, 0.15) is 45.2 Å². The van der Waals surface area contributed by atoms with Crippen LogP contribution >= 0.6 is 0 Å². The molecule has 2 rings (SSSR count). The first kappa shape index (κ1) is 19.8. The molecule has 0 aromatic heterocycles. The van der Waals surface area contributed by atoms with E-state index in [4.69, 9.17) is 4.74 Å². The van der Waals surface area contributed by atoms with Gasteiger partial charge in [-0.15, -0.1) is 0 Å². The molecule has 0 heterocycles. The van der Waals surface area contributed by atoms with Gasteiger partial charge in [-0.25, -0.2) is 0 Å². The number of anilines is 1. The number of benzene rings is 2. The van der Waals surface area contributed by atoms with Crippen molar-refractivity contribution in [2.75, 3.05) is 24.6 Å². The zero-order valence-corrected chi connectivity index (χ0v) is 16.5. The van der Waals surface area contributed by atoms with Crippen LogP contribution in [-0.4, -0.2) is 19.7 Å². The van der Waals surface area contributed by atoms with E-state index in [1.54, 1.807) is 0 Å². The third-order valence-electron chi connectivity index (χ3n) is 4.42. The van der Waals surface area contributed by atoms with Gasteiger partial charge in [-0.1, -0.05) is 49.4 Å². The van der Waals surface area contributed by atoms with Gasteiger partial charge < -0.3 is 9.64 Å². The van der Waals surface area contributed by atoms with Crippen LogP contribution in [0.3, 0.4) is 0 Å². The Morgan fingerprint density at radius 3 is 1.92 bits per heavy atom. The maximum atomic E-state index is 5.57. The van der Waals surface area contributed by atoms with Crippen LogP contribution in [0, 0.1) is 0 Å². The molecular formula is C24H31NO. The molecule has 2 nitrogen and oxygen atoms in total. The van der Waals surface area contributed by atoms with Crippen LogP contribution in [-0.2, 0) is 0 Å². The average Bonchev–Trinajstić information content (AvgIpc) is 2.68. The topological polar surface area (TPSA) is 12.5 Å². The summed E-state index contributed by atoms with van der Waals surface area (Å²) >= 11 is 0. The lowest BCUT2D eigenvalue weighted by Gasteiger charge is -2.21. The first-order valence-electron chi connectivity index (χ1n) is 9.68. The zero-order valence-electron chi connectivity index (χ0n) is 16.5. The number of ether oxygens (including phenoxy) is 1. The number of allylic oxidation sites excluding steroid dienone is 3. The largest absolute Gasteiger partial charge is 0.494 e. The second kappa shape index (κ2) is 10.5. The molecule has 26 heavy (non-hydrogen) atoms. The Morgan fingerprint density at radius 1 is 0.846 bits per heavy atom. The Hall–Kier alpha value is -2.48. The van der Waals surface area contributed by atoms with Gasteiger partial charge >= 0.3 is 0 Å². The lowest BCUT2D eigenvalue weighted by molar-refractivity contribution is 0.340. The Labute approximate surface area is 158 Å². The molecule has 0 N–H and O–H groups in total. The molecule has 0 aliphatic heterocycles. The molecule has 0 amide bonds. The van der Waals surface area contributed by atoms with Gasteiger partial charge in [0, 0.05) is 18.8 Å². The molecule has 0 aliphatic rings. The fourth-order valence-corrected chi connectivity index (χ4v) is 3.00. The van der Waals surface area contributed by atoms with Crippen molar-refractivity contribution in [3.8, 4) is 5.75 Å². The highest BCUT2D eigenvalue weighted by atomic mass is 16.5. The Balaban J connectivity index is 2.35. The summed E-state index contributed by atoms with van der Waals surface area (Å²) in [6, 6.07) is 17.2. The monoisotopic (exact) mass is 349 g/mol. The van der Waals surface area contributed by atoms with E-state index >= 15 is 0 Å². The summed E-state index contributed by atoms with van der Waals surface area (Å²) in [6.07, 6.45) is 7.56. The minimum absolute atomic E-state index is 0.689. The Kier molecular flexibility index (Phi) is 8.01. The van der Waals surface area contributed by atoms with Crippen molar-refractivity contribution in [2.24, 2.45) is 0 Å². The number of rotatable bonds is 9. The van der Waals surface area contributed by atoms with Gasteiger partial charge in [0.05, 0.1) is 6.61 Å². The molecule has 0 spiro atoms. The molecule has 0 saturated heterocycles. The van der Waals surface area contributed by atoms with Crippen LogP contribution in [0.15, 0.2) is 66.8 Å². The first-order chi connectivity index (χ1) is 12.7. The molecule has 0 bridgehead atoms. The molecule has 0 saturated carbocycles. The lowest BCUT2D eigenvalue weighted by Crippen LogP contribution is -2.21. The van der Waals surface area contributed by atoms with E-state index in [1.165, 1.54) is 22.4 Å². The van der Waals surface area contributed by atoms with Crippen LogP contribution in [0.5, 0.6) is 5.75 Å². The minimum Gasteiger partial charge on any atom is -0.494 e. The molecule has 0 atom stereocenters. The third-order valence-corrected chi connectivity index (χ3v) is 4.42. The Bertz CT molecular complexity index is 707. The molecule has 0 unspecified atom stereocenters. The molecule has 0 aliphatic carbocycles. The number of hydrogen-bond donors (Lipinski definition) is 0. The summed E-state index contributed by atoms with van der Waals surface area (Å²) in [7, 11) is 0. The normalized spacial score (nSPS) is 11.8. The van der Waals surface area contributed by atoms with Gasteiger partial charge in [-0.3, -0.25) is 0 Å². The summed E-state index contributed by atoms with van der Waals surface area (Å²) in [5.41, 5.74) is 4.92. The maximum absolute atomic E-state index is 5.57. The van der Waals surface area contributed by atoms with E-state index in [0.717, 1.165) is 25.3 Å². The summed E-state index contributed by atoms with van der Waals surface area (Å²) < 4.78 is 5.57. The van der Waals surface area contributed by atoms with Crippen LogP contribution in [0.25, 0.3) is 5.57 Å². The molecular weight excluding hydrogens is 318 g/mol. The standard InChI is InChI=1S/C24H31NO/c1-5-9-10-11-24(21-14-18-23(19-15-21)26-8-4)20-12-16-22(17-13-20)25(6-2)7-3/h9-19H,5-8H2,1-4H3/b10-9+,24-11+. The fraction of sp³-hybridized carbons (Fsp3) is 0.333. The molecule has 138 valence electrons. The van der Waals surface area contributed by atoms with Crippen molar-refractivity contribution < 1.29 is 4.74 Å². The van der Waals surface area contributed by atoms with E-state index < -0.39 is 0 Å². The van der Waals surface area contributed by atoms with Crippen molar-refractivity contribution >= 4 is 11.3 Å². The van der Waals surface area contributed by atoms with Gasteiger partial charge in [0.25, 0.3) is 0 Å². The van der Waals surface area contributed by atoms with Gasteiger partial charge in [-0.05, 0) is 68.2 Å². The average molecular weight is 350 g/mol. The highest BCUT2D eigenvalue weighted by Gasteiger charge is 2.07. The minimum atomic E-state index is 0.689. The van der Waals surface area contributed by atoms with Gasteiger partial charge in [0.15, 0.2) is 0 Å². The summed E-state index contributed by atoms with van der Waals surface area (Å²) in [6.45, 7) is 11.3. The van der Waals surface area contributed by atoms with Crippen LogP contribution in [0.2, 0.25) is 0 Å². The lowest BCUT2D eigenvalue weighted by atomic mass is 9.97. The van der Waals surface area contributed by atoms with Gasteiger partial charge in [-0.2, -0.15) is 0 Å². The SMILES string of the molecule is CC/C=C/C=C(/c1ccc(OCC)cc1)c1ccc(N(CC)CC)cc1. The molecule has 2 aromatic carbocycles. The van der Waals surface area contributed by atoms with Crippen molar-refractivity contribution in [2.45, 2.75) is 34.1 Å². The van der Waals surface area contributed by atoms with E-state index in [9.17, 15) is 0 Å². The Morgan fingerprint density at radius 2 is 1.42 bits per heavy atom. The van der Waals surface area contributed by atoms with Crippen molar-refractivity contribution in [3.05, 3.63) is 77.9 Å². The van der Waals surface area contributed by atoms with Crippen molar-refractivity contribution in [1.29, 1.82) is 0 Å². The molecule has 0 radical (unpaired) electrons. The maximum Gasteiger partial charge on any atom is 0.119 e. The third kappa shape index (κ3) is 5.26. The molecule has 2 heteroatoms. The van der Waals surface area contributed by atoms with E-state index in [-0.39, 0.29) is 0 Å². The molecule has 0 fully saturated rings. The zero-order chi connectivity index (χ0) is 18.8. The summed E-state index contributed by atoms with van der Waals surface area (Å²) in [5, 5.41) is 0. The quantitative estimate of drug-likeness (QED) is 0.490. The number of hydrogen-bond acceptors (Lipinski definition) is 2. The fourth-order valence-electron chi connectivity index (χ4n) is 3.00. The van der Waals surface area contributed by atoms with Crippen LogP contribution < -0.4 is 9.64 Å². The van der Waals surface area contributed by atoms with Crippen molar-refractivity contribution in [3.63, 3.8) is 0 Å². The van der Waals surface area contributed by atoms with E-state index in [2.05, 4.69) is 80.3 Å². The van der Waals surface area contributed by atoms with Crippen molar-refractivity contribution in [1.82, 2.24) is 0 Å². The summed E-state index contributed by atoms with van der Waals surface area (Å²) in [4.78, 5) is 2.36. The van der Waals surface area contributed by atoms with Gasteiger partial charge in [0.2, 0.25) is 0 Å². The van der Waals surface area contributed by atoms with Gasteiger partial charge in [0.1, 0.15) is 5.75 Å². The van der Waals surface area contributed by atoms with E-state index in [0.29, 0.717) is 6.61 Å².